The van der Waals surface area contributed by atoms with Gasteiger partial charge in [0.1, 0.15) is 0 Å². The highest BCUT2D eigenvalue weighted by atomic mass is 32.2. The van der Waals surface area contributed by atoms with E-state index in [1.54, 1.807) is 6.33 Å². The molecule has 0 spiro atoms. The Kier molecular flexibility index (Phi) is 4.46. The average molecular weight is 323 g/mol. The Labute approximate surface area is 130 Å². The number of hydrogen-bond acceptors (Lipinski definition) is 4. The fraction of sp³-hybridized carbons (Fsp3) is 0.533. The highest BCUT2D eigenvalue weighted by molar-refractivity contribution is 7.89. The minimum atomic E-state index is -3.34. The van der Waals surface area contributed by atoms with E-state index in [2.05, 4.69) is 9.71 Å². The molecule has 1 saturated heterocycles. The molecule has 2 unspecified atom stereocenters. The van der Waals surface area contributed by atoms with Crippen molar-refractivity contribution in [1.29, 1.82) is 0 Å². The van der Waals surface area contributed by atoms with E-state index in [4.69, 9.17) is 4.74 Å². The predicted octanol–water partition coefficient (Wildman–Crippen LogP) is 1.52. The van der Waals surface area contributed by atoms with Gasteiger partial charge in [0.15, 0.2) is 0 Å². The molecule has 6 nitrogen and oxygen atoms in total. The van der Waals surface area contributed by atoms with E-state index in [-0.39, 0.29) is 17.9 Å². The Hall–Kier alpha value is -1.44. The van der Waals surface area contributed by atoms with Crippen LogP contribution < -0.4 is 4.72 Å². The van der Waals surface area contributed by atoms with Crippen molar-refractivity contribution in [3.63, 3.8) is 0 Å². The van der Waals surface area contributed by atoms with Crippen molar-refractivity contribution in [3.05, 3.63) is 30.6 Å². The lowest BCUT2D eigenvalue weighted by atomic mass is 10.1. The summed E-state index contributed by atoms with van der Waals surface area (Å²) in [6.07, 6.45) is 3.58. The molecule has 3 rings (SSSR count). The first-order valence-corrected chi connectivity index (χ1v) is 9.22. The number of rotatable bonds is 6. The third-order valence-electron chi connectivity index (χ3n) is 4.02. The first kappa shape index (κ1) is 15.5. The lowest BCUT2D eigenvalue weighted by Gasteiger charge is -2.20. The summed E-state index contributed by atoms with van der Waals surface area (Å²) in [6, 6.07) is 7.51. The zero-order chi connectivity index (χ0) is 15.6. The van der Waals surface area contributed by atoms with Gasteiger partial charge in [0, 0.05) is 19.2 Å². The molecule has 1 aromatic heterocycles. The second-order valence-corrected chi connectivity index (χ2v) is 7.58. The molecule has 0 amide bonds. The molecule has 1 aliphatic rings. The third kappa shape index (κ3) is 3.48. The number of ether oxygens (including phenoxy) is 1. The first-order chi connectivity index (χ1) is 10.6. The van der Waals surface area contributed by atoms with Gasteiger partial charge >= 0.3 is 0 Å². The van der Waals surface area contributed by atoms with Gasteiger partial charge < -0.3 is 9.30 Å². The summed E-state index contributed by atoms with van der Waals surface area (Å²) in [5.41, 5.74) is 1.82. The molecule has 1 N–H and O–H groups in total. The molecule has 2 aromatic rings. The smallest absolute Gasteiger partial charge is 0.213 e. The van der Waals surface area contributed by atoms with Gasteiger partial charge in [0.05, 0.1) is 29.2 Å². The predicted molar refractivity (Wildman–Crippen MR) is 85.1 cm³/mol. The van der Waals surface area contributed by atoms with Crippen molar-refractivity contribution >= 4 is 21.1 Å². The normalized spacial score (nSPS) is 20.5. The summed E-state index contributed by atoms with van der Waals surface area (Å²) in [4.78, 5) is 4.27. The number of aromatic nitrogens is 2. The average Bonchev–Trinajstić information content (AvgIpc) is 3.15. The molecule has 120 valence electrons. The summed E-state index contributed by atoms with van der Waals surface area (Å²) in [7, 11) is -3.34. The molecule has 0 radical (unpaired) electrons. The molecule has 0 bridgehead atoms. The SMILES string of the molecule is CC(NS(=O)(=O)CCn1cnc2ccccc21)C1CCCO1. The monoisotopic (exact) mass is 323 g/mol. The number of nitrogens with one attached hydrogen (secondary N) is 1. The zero-order valence-electron chi connectivity index (χ0n) is 12.6. The van der Waals surface area contributed by atoms with Crippen LogP contribution in [0.4, 0.5) is 0 Å². The Morgan fingerprint density at radius 3 is 3.05 bits per heavy atom. The Balaban J connectivity index is 1.62. The summed E-state index contributed by atoms with van der Waals surface area (Å²) in [5, 5.41) is 0. The molecular formula is C15H21N3O3S. The summed E-state index contributed by atoms with van der Waals surface area (Å²) in [6.45, 7) is 2.96. The van der Waals surface area contributed by atoms with E-state index in [1.807, 2.05) is 35.8 Å². The summed E-state index contributed by atoms with van der Waals surface area (Å²) in [5.74, 6) is 0.0322. The summed E-state index contributed by atoms with van der Waals surface area (Å²) < 4.78 is 34.6. The van der Waals surface area contributed by atoms with Crippen LogP contribution in [0.3, 0.4) is 0 Å². The molecule has 7 heteroatoms. The van der Waals surface area contributed by atoms with Crippen LogP contribution >= 0.6 is 0 Å². The molecule has 1 aliphatic heterocycles. The van der Waals surface area contributed by atoms with Gasteiger partial charge in [0.2, 0.25) is 10.0 Å². The maximum Gasteiger partial charge on any atom is 0.213 e. The second-order valence-electron chi connectivity index (χ2n) is 5.70. The minimum Gasteiger partial charge on any atom is -0.377 e. The number of aryl methyl sites for hydroxylation is 1. The topological polar surface area (TPSA) is 73.2 Å². The third-order valence-corrected chi connectivity index (χ3v) is 5.47. The second kappa shape index (κ2) is 6.36. The number of imidazole rings is 1. The standard InChI is InChI=1S/C15H21N3O3S/c1-12(15-7-4-9-21-15)17-22(19,20)10-8-18-11-16-13-5-2-3-6-14(13)18/h2-3,5-6,11-12,15,17H,4,7-10H2,1H3. The van der Waals surface area contributed by atoms with Gasteiger partial charge in [-0.05, 0) is 31.9 Å². The van der Waals surface area contributed by atoms with Crippen LogP contribution in [0.5, 0.6) is 0 Å². The van der Waals surface area contributed by atoms with E-state index in [0.717, 1.165) is 30.5 Å². The number of hydrogen-bond donors (Lipinski definition) is 1. The highest BCUT2D eigenvalue weighted by Crippen LogP contribution is 2.16. The van der Waals surface area contributed by atoms with Crippen molar-refractivity contribution < 1.29 is 13.2 Å². The van der Waals surface area contributed by atoms with Gasteiger partial charge in [-0.15, -0.1) is 0 Å². The largest absolute Gasteiger partial charge is 0.377 e. The van der Waals surface area contributed by atoms with Crippen molar-refractivity contribution in [2.45, 2.75) is 38.5 Å². The lowest BCUT2D eigenvalue weighted by molar-refractivity contribution is 0.0902. The van der Waals surface area contributed by atoms with E-state index in [0.29, 0.717) is 6.54 Å². The maximum absolute atomic E-state index is 12.2. The molecule has 1 fully saturated rings. The van der Waals surface area contributed by atoms with E-state index >= 15 is 0 Å². The fourth-order valence-corrected chi connectivity index (χ4v) is 4.10. The Morgan fingerprint density at radius 2 is 2.27 bits per heavy atom. The molecule has 2 atom stereocenters. The number of para-hydroxylation sites is 2. The first-order valence-electron chi connectivity index (χ1n) is 7.57. The van der Waals surface area contributed by atoms with Gasteiger partial charge in [-0.1, -0.05) is 12.1 Å². The van der Waals surface area contributed by atoms with E-state index in [9.17, 15) is 8.42 Å². The number of benzene rings is 1. The number of nitrogens with zero attached hydrogens (tertiary/aromatic N) is 2. The van der Waals surface area contributed by atoms with Gasteiger partial charge in [0.25, 0.3) is 0 Å². The molecule has 0 aliphatic carbocycles. The maximum atomic E-state index is 12.2. The van der Waals surface area contributed by atoms with Crippen molar-refractivity contribution in [2.75, 3.05) is 12.4 Å². The molecule has 2 heterocycles. The van der Waals surface area contributed by atoms with E-state index < -0.39 is 10.0 Å². The quantitative estimate of drug-likeness (QED) is 0.875. The lowest BCUT2D eigenvalue weighted by Crippen LogP contribution is -2.42. The van der Waals surface area contributed by atoms with Crippen molar-refractivity contribution in [1.82, 2.24) is 14.3 Å². The molecular weight excluding hydrogens is 302 g/mol. The van der Waals surface area contributed by atoms with Crippen LogP contribution in [0, 0.1) is 0 Å². The van der Waals surface area contributed by atoms with Gasteiger partial charge in [-0.2, -0.15) is 0 Å². The van der Waals surface area contributed by atoms with Crippen LogP contribution in [0.25, 0.3) is 11.0 Å². The highest BCUT2D eigenvalue weighted by Gasteiger charge is 2.26. The Bertz CT molecular complexity index is 735. The van der Waals surface area contributed by atoms with Crippen molar-refractivity contribution in [3.8, 4) is 0 Å². The summed E-state index contributed by atoms with van der Waals surface area (Å²) >= 11 is 0. The molecule has 0 saturated carbocycles. The minimum absolute atomic E-state index is 0.0103. The molecule has 22 heavy (non-hydrogen) atoms. The van der Waals surface area contributed by atoms with Gasteiger partial charge in [-0.25, -0.2) is 18.1 Å². The van der Waals surface area contributed by atoms with Crippen LogP contribution in [-0.4, -0.2) is 42.5 Å². The molecule has 1 aromatic carbocycles. The number of sulfonamides is 1. The van der Waals surface area contributed by atoms with Gasteiger partial charge in [-0.3, -0.25) is 0 Å². The van der Waals surface area contributed by atoms with Crippen LogP contribution in [0.15, 0.2) is 30.6 Å². The van der Waals surface area contributed by atoms with Crippen molar-refractivity contribution in [2.24, 2.45) is 0 Å². The zero-order valence-corrected chi connectivity index (χ0v) is 13.4. The van der Waals surface area contributed by atoms with Crippen LogP contribution in [0.2, 0.25) is 0 Å². The van der Waals surface area contributed by atoms with Crippen LogP contribution in [-0.2, 0) is 21.3 Å². The van der Waals surface area contributed by atoms with Crippen LogP contribution in [0.1, 0.15) is 19.8 Å². The number of fused-ring (bicyclic) bond motifs is 1. The fourth-order valence-electron chi connectivity index (χ4n) is 2.82. The van der Waals surface area contributed by atoms with E-state index in [1.165, 1.54) is 0 Å². The Morgan fingerprint density at radius 1 is 1.45 bits per heavy atom.